The van der Waals surface area contributed by atoms with Gasteiger partial charge in [0.1, 0.15) is 0 Å². The fraction of sp³-hybridized carbons (Fsp3) is 0.250. The molecule has 0 aliphatic rings. The molecule has 0 spiro atoms. The molecule has 0 heterocycles. The predicted molar refractivity (Wildman–Crippen MR) is 86.0 cm³/mol. The number of halogens is 1. The zero-order valence-corrected chi connectivity index (χ0v) is 12.8. The highest BCUT2D eigenvalue weighted by Gasteiger charge is 2.03. The lowest BCUT2D eigenvalue weighted by Crippen LogP contribution is -1.89. The number of anilines is 1. The molecule has 0 aliphatic heterocycles. The number of nitrogen functional groups attached to an aromatic ring is 1. The van der Waals surface area contributed by atoms with Crippen molar-refractivity contribution in [2.45, 2.75) is 30.4 Å². The van der Waals surface area contributed by atoms with Gasteiger partial charge in [-0.25, -0.2) is 0 Å². The van der Waals surface area contributed by atoms with Crippen LogP contribution in [0.15, 0.2) is 47.4 Å². The molecule has 2 aromatic carbocycles. The van der Waals surface area contributed by atoms with Crippen molar-refractivity contribution >= 4 is 29.1 Å². The summed E-state index contributed by atoms with van der Waals surface area (Å²) in [4.78, 5) is 1.04. The van der Waals surface area contributed by atoms with E-state index in [0.717, 1.165) is 21.4 Å². The van der Waals surface area contributed by atoms with Gasteiger partial charge in [-0.15, -0.1) is 11.8 Å². The van der Waals surface area contributed by atoms with Crippen molar-refractivity contribution in [1.82, 2.24) is 0 Å². The first-order chi connectivity index (χ1) is 9.06. The first kappa shape index (κ1) is 14.3. The summed E-state index contributed by atoms with van der Waals surface area (Å²) in [6.07, 6.45) is 0. The molecule has 2 rings (SSSR count). The zero-order valence-electron chi connectivity index (χ0n) is 11.2. The molecule has 19 heavy (non-hydrogen) atoms. The second kappa shape index (κ2) is 6.36. The van der Waals surface area contributed by atoms with Crippen LogP contribution in [0.3, 0.4) is 0 Å². The molecule has 3 heteroatoms. The first-order valence-electron chi connectivity index (χ1n) is 6.33. The third-order valence-corrected chi connectivity index (χ3v) is 4.56. The predicted octanol–water partition coefficient (Wildman–Crippen LogP) is 5.34. The van der Waals surface area contributed by atoms with Crippen LogP contribution in [-0.4, -0.2) is 0 Å². The van der Waals surface area contributed by atoms with Crippen LogP contribution < -0.4 is 5.73 Å². The van der Waals surface area contributed by atoms with Gasteiger partial charge in [-0.05, 0) is 35.2 Å². The molecule has 2 aromatic rings. The van der Waals surface area contributed by atoms with Crippen LogP contribution in [0.1, 0.15) is 30.9 Å². The van der Waals surface area contributed by atoms with Crippen LogP contribution in [0.4, 0.5) is 5.69 Å². The minimum absolute atomic E-state index is 0.574. The van der Waals surface area contributed by atoms with Gasteiger partial charge in [-0.1, -0.05) is 49.7 Å². The number of thioether (sulfide) groups is 1. The fourth-order valence-corrected chi connectivity index (χ4v) is 3.01. The van der Waals surface area contributed by atoms with Gasteiger partial charge < -0.3 is 5.73 Å². The third kappa shape index (κ3) is 3.92. The maximum atomic E-state index is 6.15. The molecule has 0 unspecified atom stereocenters. The average molecular weight is 292 g/mol. The first-order valence-corrected chi connectivity index (χ1v) is 7.69. The maximum absolute atomic E-state index is 6.15. The minimum atomic E-state index is 0.574. The summed E-state index contributed by atoms with van der Waals surface area (Å²) >= 11 is 7.87. The summed E-state index contributed by atoms with van der Waals surface area (Å²) in [5, 5.41) is 0.762. The Labute approximate surface area is 124 Å². The Kier molecular flexibility index (Phi) is 4.78. The molecule has 0 fully saturated rings. The number of hydrogen-bond acceptors (Lipinski definition) is 2. The van der Waals surface area contributed by atoms with Crippen molar-refractivity contribution in [2.75, 3.05) is 5.73 Å². The lowest BCUT2D eigenvalue weighted by atomic mass is 10.0. The van der Waals surface area contributed by atoms with E-state index in [2.05, 4.69) is 38.1 Å². The molecule has 0 atom stereocenters. The highest BCUT2D eigenvalue weighted by atomic mass is 35.5. The van der Waals surface area contributed by atoms with Crippen LogP contribution in [0.5, 0.6) is 0 Å². The topological polar surface area (TPSA) is 26.0 Å². The Hall–Kier alpha value is -1.12. The van der Waals surface area contributed by atoms with Crippen LogP contribution in [0, 0.1) is 0 Å². The van der Waals surface area contributed by atoms with E-state index >= 15 is 0 Å². The van der Waals surface area contributed by atoms with Gasteiger partial charge in [0.15, 0.2) is 0 Å². The van der Waals surface area contributed by atoms with E-state index in [0.29, 0.717) is 5.92 Å². The largest absolute Gasteiger partial charge is 0.399 e. The smallest absolute Gasteiger partial charge is 0.0543 e. The maximum Gasteiger partial charge on any atom is 0.0543 e. The highest BCUT2D eigenvalue weighted by Crippen LogP contribution is 2.31. The van der Waals surface area contributed by atoms with Crippen molar-refractivity contribution < 1.29 is 0 Å². The molecule has 0 saturated heterocycles. The van der Waals surface area contributed by atoms with Crippen molar-refractivity contribution in [3.63, 3.8) is 0 Å². The van der Waals surface area contributed by atoms with E-state index < -0.39 is 0 Å². The Morgan fingerprint density at radius 3 is 2.42 bits per heavy atom. The van der Waals surface area contributed by atoms with Crippen molar-refractivity contribution in [2.24, 2.45) is 0 Å². The van der Waals surface area contributed by atoms with E-state index in [9.17, 15) is 0 Å². The molecule has 100 valence electrons. The number of benzene rings is 2. The van der Waals surface area contributed by atoms with Gasteiger partial charge in [-0.3, -0.25) is 0 Å². The monoisotopic (exact) mass is 291 g/mol. The molecule has 0 aromatic heterocycles. The van der Waals surface area contributed by atoms with Gasteiger partial charge in [-0.2, -0.15) is 0 Å². The van der Waals surface area contributed by atoms with Gasteiger partial charge in [0, 0.05) is 16.3 Å². The SMILES string of the molecule is CC(C)c1ccc(CSc2cc(N)ccc2Cl)cc1. The Morgan fingerprint density at radius 1 is 1.11 bits per heavy atom. The quantitative estimate of drug-likeness (QED) is 0.608. The molecule has 2 N–H and O–H groups in total. The molecule has 0 radical (unpaired) electrons. The van der Waals surface area contributed by atoms with Gasteiger partial charge in [0.25, 0.3) is 0 Å². The highest BCUT2D eigenvalue weighted by molar-refractivity contribution is 7.98. The lowest BCUT2D eigenvalue weighted by Gasteiger charge is -2.08. The van der Waals surface area contributed by atoms with E-state index in [1.165, 1.54) is 11.1 Å². The van der Waals surface area contributed by atoms with E-state index in [4.69, 9.17) is 17.3 Å². The van der Waals surface area contributed by atoms with Gasteiger partial charge >= 0.3 is 0 Å². The van der Waals surface area contributed by atoms with E-state index in [1.54, 1.807) is 11.8 Å². The number of hydrogen-bond donors (Lipinski definition) is 1. The molecule has 0 aliphatic carbocycles. The average Bonchev–Trinajstić information content (AvgIpc) is 2.40. The fourth-order valence-electron chi connectivity index (χ4n) is 1.79. The number of nitrogens with two attached hydrogens (primary N) is 1. The van der Waals surface area contributed by atoms with Gasteiger partial charge in [0.05, 0.1) is 5.02 Å². The molecule has 0 amide bonds. The molecule has 0 saturated carbocycles. The number of rotatable bonds is 4. The summed E-state index contributed by atoms with van der Waals surface area (Å²) < 4.78 is 0. The standard InChI is InChI=1S/C16H18ClNS/c1-11(2)13-5-3-12(4-6-13)10-19-16-9-14(18)7-8-15(16)17/h3-9,11H,10,18H2,1-2H3. The molecule has 1 nitrogen and oxygen atoms in total. The van der Waals surface area contributed by atoms with Crippen LogP contribution in [0.25, 0.3) is 0 Å². The van der Waals surface area contributed by atoms with E-state index in [1.807, 2.05) is 18.2 Å². The summed E-state index contributed by atoms with van der Waals surface area (Å²) in [5.41, 5.74) is 9.20. The van der Waals surface area contributed by atoms with Crippen molar-refractivity contribution in [3.8, 4) is 0 Å². The third-order valence-electron chi connectivity index (χ3n) is 3.00. The second-order valence-corrected chi connectivity index (χ2v) is 6.30. The Morgan fingerprint density at radius 2 is 1.79 bits per heavy atom. The summed E-state index contributed by atoms with van der Waals surface area (Å²) in [5.74, 6) is 1.48. The molecule has 0 bridgehead atoms. The minimum Gasteiger partial charge on any atom is -0.399 e. The van der Waals surface area contributed by atoms with Gasteiger partial charge in [0.2, 0.25) is 0 Å². The van der Waals surface area contributed by atoms with Crippen molar-refractivity contribution in [3.05, 3.63) is 58.6 Å². The van der Waals surface area contributed by atoms with Crippen LogP contribution in [0.2, 0.25) is 5.02 Å². The van der Waals surface area contributed by atoms with Crippen LogP contribution >= 0.6 is 23.4 Å². The normalized spacial score (nSPS) is 10.9. The second-order valence-electron chi connectivity index (χ2n) is 4.87. The summed E-state index contributed by atoms with van der Waals surface area (Å²) in [7, 11) is 0. The molecular weight excluding hydrogens is 274 g/mol. The summed E-state index contributed by atoms with van der Waals surface area (Å²) in [6.45, 7) is 4.41. The molecular formula is C16H18ClNS. The zero-order chi connectivity index (χ0) is 13.8. The van der Waals surface area contributed by atoms with Crippen LogP contribution in [-0.2, 0) is 5.75 Å². The lowest BCUT2D eigenvalue weighted by molar-refractivity contribution is 0.866. The van der Waals surface area contributed by atoms with E-state index in [-0.39, 0.29) is 0 Å². The Balaban J connectivity index is 2.04. The Bertz CT molecular complexity index is 549. The summed E-state index contributed by atoms with van der Waals surface area (Å²) in [6, 6.07) is 14.4. The van der Waals surface area contributed by atoms with Crippen molar-refractivity contribution in [1.29, 1.82) is 0 Å².